The van der Waals surface area contributed by atoms with Gasteiger partial charge in [-0.15, -0.1) is 0 Å². The molecule has 0 saturated carbocycles. The van der Waals surface area contributed by atoms with Crippen molar-refractivity contribution >= 4 is 18.0 Å². The fourth-order valence-corrected chi connectivity index (χ4v) is 4.76. The third kappa shape index (κ3) is 6.00. The maximum atomic E-state index is 12.7. The van der Waals surface area contributed by atoms with Gasteiger partial charge in [0.2, 0.25) is 5.91 Å². The summed E-state index contributed by atoms with van der Waals surface area (Å²) >= 11 is 0. The zero-order chi connectivity index (χ0) is 24.8. The molecule has 35 heavy (non-hydrogen) atoms. The van der Waals surface area contributed by atoms with Crippen LogP contribution in [0.15, 0.2) is 48.5 Å². The van der Waals surface area contributed by atoms with Crippen LogP contribution in [0.4, 0.5) is 4.79 Å². The predicted molar refractivity (Wildman–Crippen MR) is 130 cm³/mol. The summed E-state index contributed by atoms with van der Waals surface area (Å²) in [7, 11) is 0. The van der Waals surface area contributed by atoms with Crippen LogP contribution in [0.1, 0.15) is 49.7 Å². The zero-order valence-corrected chi connectivity index (χ0v) is 19.9. The molecule has 2 N–H and O–H groups in total. The number of hydrogen-bond acceptors (Lipinski definition) is 5. The van der Waals surface area contributed by atoms with Crippen LogP contribution in [0, 0.1) is 0 Å². The van der Waals surface area contributed by atoms with E-state index in [9.17, 15) is 14.4 Å². The fourth-order valence-electron chi connectivity index (χ4n) is 4.76. The second-order valence-corrected chi connectivity index (χ2v) is 9.14. The number of rotatable bonds is 11. The Balaban J connectivity index is 1.30. The lowest BCUT2D eigenvalue weighted by atomic mass is 9.98. The molecule has 0 radical (unpaired) electrons. The van der Waals surface area contributed by atoms with Gasteiger partial charge in [-0.25, -0.2) is 9.59 Å². The summed E-state index contributed by atoms with van der Waals surface area (Å²) in [4.78, 5) is 37.6. The quantitative estimate of drug-likeness (QED) is 0.507. The third-order valence-corrected chi connectivity index (χ3v) is 6.64. The number of carboxylic acids is 1. The van der Waals surface area contributed by atoms with Crippen LogP contribution in [-0.4, -0.2) is 66.4 Å². The van der Waals surface area contributed by atoms with Crippen LogP contribution in [-0.2, 0) is 19.1 Å². The van der Waals surface area contributed by atoms with Gasteiger partial charge < -0.3 is 24.8 Å². The summed E-state index contributed by atoms with van der Waals surface area (Å²) in [6.07, 6.45) is 1.92. The third-order valence-electron chi connectivity index (χ3n) is 6.64. The number of carbonyl (C=O) groups excluding carboxylic acids is 2. The number of carboxylic acid groups (broad SMARTS) is 1. The molecule has 0 spiro atoms. The largest absolute Gasteiger partial charge is 0.480 e. The Kier molecular flexibility index (Phi) is 8.02. The number of likely N-dealkylation sites (tertiary alicyclic amines) is 1. The summed E-state index contributed by atoms with van der Waals surface area (Å²) in [6.45, 7) is 2.67. The van der Waals surface area contributed by atoms with E-state index in [4.69, 9.17) is 14.6 Å². The van der Waals surface area contributed by atoms with Crippen molar-refractivity contribution in [3.63, 3.8) is 0 Å². The number of nitrogens with one attached hydrogen (secondary N) is 1. The van der Waals surface area contributed by atoms with Crippen LogP contribution in [0.5, 0.6) is 0 Å². The second-order valence-electron chi connectivity index (χ2n) is 9.14. The molecule has 2 aromatic rings. The van der Waals surface area contributed by atoms with E-state index in [1.807, 2.05) is 24.3 Å². The second kappa shape index (κ2) is 11.4. The zero-order valence-electron chi connectivity index (χ0n) is 19.9. The molecule has 1 fully saturated rings. The van der Waals surface area contributed by atoms with Crippen molar-refractivity contribution in [2.45, 2.75) is 50.7 Å². The number of unbranched alkanes of at least 4 members (excludes halogenated alkanes) is 1. The van der Waals surface area contributed by atoms with E-state index in [1.165, 1.54) is 11.1 Å². The highest BCUT2D eigenvalue weighted by atomic mass is 16.5. The van der Waals surface area contributed by atoms with E-state index in [2.05, 4.69) is 36.5 Å². The van der Waals surface area contributed by atoms with Gasteiger partial charge in [-0.05, 0) is 28.7 Å². The van der Waals surface area contributed by atoms with Gasteiger partial charge in [0.15, 0.2) is 0 Å². The van der Waals surface area contributed by atoms with Crippen molar-refractivity contribution in [1.29, 1.82) is 0 Å². The molecule has 1 atom stereocenters. The summed E-state index contributed by atoms with van der Waals surface area (Å²) in [5.74, 6) is -1.13. The predicted octanol–water partition coefficient (Wildman–Crippen LogP) is 3.79. The number of benzene rings is 2. The molecule has 186 valence electrons. The minimum Gasteiger partial charge on any atom is -0.480 e. The van der Waals surface area contributed by atoms with Crippen LogP contribution < -0.4 is 5.32 Å². The number of carbonyl (C=O) groups is 3. The molecule has 2 aromatic carbocycles. The summed E-state index contributed by atoms with van der Waals surface area (Å²) in [5, 5.41) is 11.6. The van der Waals surface area contributed by atoms with Gasteiger partial charge in [0.25, 0.3) is 0 Å². The molecule has 0 aromatic heterocycles. The Morgan fingerprint density at radius 2 is 1.69 bits per heavy atom. The minimum atomic E-state index is -1.03. The highest BCUT2D eigenvalue weighted by Crippen LogP contribution is 2.44. The lowest BCUT2D eigenvalue weighted by molar-refractivity contribution is -0.154. The fraction of sp³-hybridized carbons (Fsp3) is 0.444. The van der Waals surface area contributed by atoms with E-state index >= 15 is 0 Å². The summed E-state index contributed by atoms with van der Waals surface area (Å²) < 4.78 is 10.9. The van der Waals surface area contributed by atoms with Crippen molar-refractivity contribution in [3.05, 3.63) is 59.7 Å². The monoisotopic (exact) mass is 480 g/mol. The molecule has 1 aliphatic heterocycles. The van der Waals surface area contributed by atoms with E-state index in [0.29, 0.717) is 19.5 Å². The normalized spacial score (nSPS) is 15.6. The van der Waals surface area contributed by atoms with Gasteiger partial charge in [0.05, 0.1) is 6.10 Å². The highest BCUT2D eigenvalue weighted by Gasteiger charge is 2.33. The van der Waals surface area contributed by atoms with Crippen LogP contribution in [0.25, 0.3) is 11.1 Å². The number of fused-ring (bicyclic) bond motifs is 3. The number of ether oxygens (including phenoxy) is 2. The van der Waals surface area contributed by atoms with Crippen LogP contribution in [0.2, 0.25) is 0 Å². The first-order valence-electron chi connectivity index (χ1n) is 12.2. The standard InChI is InChI=1S/C27H32N2O6/c1-2-3-8-18(13-25(30)29-14-19(15-29)34-17-26(31)32)28-27(33)35-16-24-22-11-6-4-9-20(22)21-10-5-7-12-23(21)24/h4-7,9-12,18-19,24H,2-3,8,13-17H2,1H3,(H,28,33)(H,31,32)/t18-/m1/s1. The minimum absolute atomic E-state index is 0.0207. The molecule has 8 heteroatoms. The molecule has 0 bridgehead atoms. The Morgan fingerprint density at radius 3 is 2.29 bits per heavy atom. The van der Waals surface area contributed by atoms with Gasteiger partial charge in [-0.2, -0.15) is 0 Å². The first-order chi connectivity index (χ1) is 17.0. The first-order valence-corrected chi connectivity index (χ1v) is 12.2. The Bertz CT molecular complexity index is 1020. The SMILES string of the molecule is CCCC[C@H](CC(=O)N1CC(OCC(=O)O)C1)NC(=O)OCC1c2ccccc2-c2ccccc21. The molecule has 1 heterocycles. The molecule has 4 rings (SSSR count). The van der Waals surface area contributed by atoms with E-state index in [1.54, 1.807) is 4.90 Å². The Hall–Kier alpha value is -3.39. The topological polar surface area (TPSA) is 105 Å². The van der Waals surface area contributed by atoms with Crippen molar-refractivity contribution in [1.82, 2.24) is 10.2 Å². The van der Waals surface area contributed by atoms with Gasteiger partial charge >= 0.3 is 12.1 Å². The molecular weight excluding hydrogens is 448 g/mol. The maximum Gasteiger partial charge on any atom is 0.407 e. The van der Waals surface area contributed by atoms with E-state index < -0.39 is 12.1 Å². The molecule has 8 nitrogen and oxygen atoms in total. The number of aliphatic carboxylic acids is 1. The number of alkyl carbamates (subject to hydrolysis) is 1. The van der Waals surface area contributed by atoms with Crippen molar-refractivity contribution in [2.24, 2.45) is 0 Å². The molecule has 1 saturated heterocycles. The van der Waals surface area contributed by atoms with Gasteiger partial charge in [0.1, 0.15) is 13.2 Å². The van der Waals surface area contributed by atoms with Crippen molar-refractivity contribution < 1.29 is 29.0 Å². The van der Waals surface area contributed by atoms with Gasteiger partial charge in [0, 0.05) is 31.5 Å². The van der Waals surface area contributed by atoms with Gasteiger partial charge in [-0.3, -0.25) is 4.79 Å². The Morgan fingerprint density at radius 1 is 1.06 bits per heavy atom. The number of amides is 2. The Labute approximate surface area is 205 Å². The highest BCUT2D eigenvalue weighted by molar-refractivity contribution is 5.80. The van der Waals surface area contributed by atoms with E-state index in [0.717, 1.165) is 24.0 Å². The number of hydrogen-bond donors (Lipinski definition) is 2. The molecule has 2 amide bonds. The summed E-state index contributed by atoms with van der Waals surface area (Å²) in [6, 6.07) is 16.0. The lowest BCUT2D eigenvalue weighted by Gasteiger charge is -2.39. The van der Waals surface area contributed by atoms with Crippen LogP contribution in [0.3, 0.4) is 0 Å². The molecular formula is C27H32N2O6. The molecule has 0 unspecified atom stereocenters. The average molecular weight is 481 g/mol. The van der Waals surface area contributed by atoms with Crippen molar-refractivity contribution in [2.75, 3.05) is 26.3 Å². The number of nitrogens with zero attached hydrogens (tertiary/aromatic N) is 1. The lowest BCUT2D eigenvalue weighted by Crippen LogP contribution is -2.56. The smallest absolute Gasteiger partial charge is 0.407 e. The average Bonchev–Trinajstić information content (AvgIpc) is 3.13. The van der Waals surface area contributed by atoms with Gasteiger partial charge in [-0.1, -0.05) is 68.3 Å². The molecule has 1 aliphatic carbocycles. The first kappa shape index (κ1) is 24.7. The van der Waals surface area contributed by atoms with Crippen LogP contribution >= 0.6 is 0 Å². The maximum absolute atomic E-state index is 12.7. The van der Waals surface area contributed by atoms with Crippen molar-refractivity contribution in [3.8, 4) is 11.1 Å². The summed E-state index contributed by atoms with van der Waals surface area (Å²) in [5.41, 5.74) is 4.64. The van der Waals surface area contributed by atoms with E-state index in [-0.39, 0.29) is 43.6 Å². The molecule has 2 aliphatic rings.